The number of amidine groups is 1. The van der Waals surface area contributed by atoms with Crippen molar-refractivity contribution < 1.29 is 0 Å². The van der Waals surface area contributed by atoms with E-state index >= 15 is 0 Å². The number of nitrogen functional groups attached to an aromatic ring is 1. The van der Waals surface area contributed by atoms with Crippen LogP contribution in [0, 0.1) is 13.8 Å². The maximum atomic E-state index is 6.58. The molecule has 0 saturated heterocycles. The molecule has 0 aliphatic carbocycles. The molecular formula is C21H23ClN6. The Balaban J connectivity index is 2.04. The van der Waals surface area contributed by atoms with Crippen molar-refractivity contribution in [3.63, 3.8) is 0 Å². The van der Waals surface area contributed by atoms with Gasteiger partial charge in [0.05, 0.1) is 12.4 Å². The van der Waals surface area contributed by atoms with E-state index in [1.807, 2.05) is 32.0 Å². The van der Waals surface area contributed by atoms with Crippen LogP contribution < -0.4 is 11.1 Å². The number of nitrogens with two attached hydrogens (primary N) is 1. The van der Waals surface area contributed by atoms with Crippen LogP contribution in [0.3, 0.4) is 0 Å². The quantitative estimate of drug-likeness (QED) is 0.436. The summed E-state index contributed by atoms with van der Waals surface area (Å²) in [6, 6.07) is 5.88. The zero-order chi connectivity index (χ0) is 20.3. The molecule has 3 aromatic rings. The van der Waals surface area contributed by atoms with Crippen LogP contribution in [-0.4, -0.2) is 20.8 Å². The second kappa shape index (κ2) is 8.27. The van der Waals surface area contributed by atoms with Gasteiger partial charge in [-0.05, 0) is 66.8 Å². The summed E-state index contributed by atoms with van der Waals surface area (Å²) in [4.78, 5) is 15.5. The van der Waals surface area contributed by atoms with Gasteiger partial charge in [-0.1, -0.05) is 18.2 Å². The highest BCUT2D eigenvalue weighted by molar-refractivity contribution is 6.32. The van der Waals surface area contributed by atoms with Gasteiger partial charge in [-0.3, -0.25) is 4.98 Å². The third-order valence-corrected chi connectivity index (χ3v) is 5.12. The number of hydrogen-bond acceptors (Lipinski definition) is 4. The summed E-state index contributed by atoms with van der Waals surface area (Å²) in [6.07, 6.45) is 6.56. The highest BCUT2D eigenvalue weighted by Crippen LogP contribution is 2.36. The molecule has 2 aromatic heterocycles. The van der Waals surface area contributed by atoms with Crippen molar-refractivity contribution in [2.75, 3.05) is 5.73 Å². The lowest BCUT2D eigenvalue weighted by molar-refractivity contribution is 0.711. The monoisotopic (exact) mass is 394 g/mol. The molecule has 144 valence electrons. The third kappa shape index (κ3) is 3.77. The first-order chi connectivity index (χ1) is 13.4. The van der Waals surface area contributed by atoms with Crippen LogP contribution in [0.5, 0.6) is 0 Å². The van der Waals surface area contributed by atoms with Crippen molar-refractivity contribution >= 4 is 23.3 Å². The fourth-order valence-electron chi connectivity index (χ4n) is 3.33. The number of anilines is 1. The summed E-state index contributed by atoms with van der Waals surface area (Å²) >= 11 is 6.58. The SMILES string of the molecule is C=C/N=C(/NC(C)c1cc(Cl)c(C)c(-c2ccncc2)c1C)c1nc[nH]c1N. The molecule has 0 fully saturated rings. The Morgan fingerprint density at radius 2 is 2.04 bits per heavy atom. The summed E-state index contributed by atoms with van der Waals surface area (Å²) in [7, 11) is 0. The molecular weight excluding hydrogens is 372 g/mol. The van der Waals surface area contributed by atoms with E-state index in [9.17, 15) is 0 Å². The van der Waals surface area contributed by atoms with E-state index in [-0.39, 0.29) is 6.04 Å². The Kier molecular flexibility index (Phi) is 5.80. The third-order valence-electron chi connectivity index (χ3n) is 4.73. The predicted octanol–water partition coefficient (Wildman–Crippen LogP) is 4.57. The lowest BCUT2D eigenvalue weighted by atomic mass is 9.90. The zero-order valence-corrected chi connectivity index (χ0v) is 16.9. The molecule has 0 spiro atoms. The molecule has 1 unspecified atom stereocenters. The Hall–Kier alpha value is -3.12. The standard InChI is InChI=1S/C21H23ClN6/c1-5-25-21(19-20(23)27-11-26-19)28-14(4)16-10-17(22)13(3)18(12(16)2)15-6-8-24-9-7-15/h5-11,14H,1,23H2,2-4H3,(H,25,28)(H,26,27). The molecule has 0 aliphatic heterocycles. The van der Waals surface area contributed by atoms with Gasteiger partial charge in [0.2, 0.25) is 0 Å². The van der Waals surface area contributed by atoms with Gasteiger partial charge in [-0.25, -0.2) is 9.98 Å². The summed E-state index contributed by atoms with van der Waals surface area (Å²) < 4.78 is 0. The highest BCUT2D eigenvalue weighted by atomic mass is 35.5. The number of benzene rings is 1. The van der Waals surface area contributed by atoms with Gasteiger partial charge in [0.25, 0.3) is 0 Å². The Morgan fingerprint density at radius 3 is 2.64 bits per heavy atom. The molecule has 6 nitrogen and oxygen atoms in total. The minimum Gasteiger partial charge on any atom is -0.383 e. The number of halogens is 1. The van der Waals surface area contributed by atoms with Crippen LogP contribution in [0.4, 0.5) is 5.82 Å². The van der Waals surface area contributed by atoms with E-state index in [2.05, 4.69) is 38.8 Å². The van der Waals surface area contributed by atoms with Crippen molar-refractivity contribution in [1.82, 2.24) is 20.3 Å². The minimum absolute atomic E-state index is 0.0894. The van der Waals surface area contributed by atoms with Crippen molar-refractivity contribution in [3.8, 4) is 11.1 Å². The molecule has 0 aliphatic rings. The van der Waals surface area contributed by atoms with Gasteiger partial charge in [0.15, 0.2) is 5.84 Å². The molecule has 1 aromatic carbocycles. The number of hydrogen-bond donors (Lipinski definition) is 3. The number of aliphatic imine (C=N–C) groups is 1. The Bertz CT molecular complexity index is 1020. The topological polar surface area (TPSA) is 92.0 Å². The van der Waals surface area contributed by atoms with E-state index in [1.54, 1.807) is 12.4 Å². The van der Waals surface area contributed by atoms with Gasteiger partial charge < -0.3 is 16.0 Å². The zero-order valence-electron chi connectivity index (χ0n) is 16.1. The van der Waals surface area contributed by atoms with Crippen LogP contribution in [0.1, 0.15) is 35.3 Å². The number of aromatic amines is 1. The second-order valence-corrected chi connectivity index (χ2v) is 6.91. The molecule has 0 saturated carbocycles. The first kappa shape index (κ1) is 19.6. The fourth-order valence-corrected chi connectivity index (χ4v) is 3.55. The summed E-state index contributed by atoms with van der Waals surface area (Å²) in [5.74, 6) is 0.985. The van der Waals surface area contributed by atoms with E-state index in [1.165, 1.54) is 12.5 Å². The average molecular weight is 395 g/mol. The lowest BCUT2D eigenvalue weighted by Crippen LogP contribution is -2.29. The van der Waals surface area contributed by atoms with Crippen molar-refractivity contribution in [2.24, 2.45) is 4.99 Å². The molecule has 4 N–H and O–H groups in total. The van der Waals surface area contributed by atoms with Crippen molar-refractivity contribution in [3.05, 3.63) is 77.1 Å². The summed E-state index contributed by atoms with van der Waals surface area (Å²) in [6.45, 7) is 9.86. The van der Waals surface area contributed by atoms with E-state index in [4.69, 9.17) is 17.3 Å². The first-order valence-electron chi connectivity index (χ1n) is 8.88. The van der Waals surface area contributed by atoms with Gasteiger partial charge in [-0.2, -0.15) is 0 Å². The summed E-state index contributed by atoms with van der Waals surface area (Å²) in [5.41, 5.74) is 11.9. The molecule has 0 radical (unpaired) electrons. The normalized spacial score (nSPS) is 12.6. The minimum atomic E-state index is -0.0894. The van der Waals surface area contributed by atoms with Crippen LogP contribution >= 0.6 is 11.6 Å². The van der Waals surface area contributed by atoms with Crippen LogP contribution in [0.2, 0.25) is 5.02 Å². The largest absolute Gasteiger partial charge is 0.383 e. The number of aromatic nitrogens is 3. The number of H-pyrrole nitrogens is 1. The second-order valence-electron chi connectivity index (χ2n) is 6.50. The van der Waals surface area contributed by atoms with Crippen LogP contribution in [0.25, 0.3) is 11.1 Å². The Labute approximate surface area is 169 Å². The average Bonchev–Trinajstić information content (AvgIpc) is 3.11. The maximum absolute atomic E-state index is 6.58. The summed E-state index contributed by atoms with van der Waals surface area (Å²) in [5, 5.41) is 4.10. The smallest absolute Gasteiger partial charge is 0.156 e. The van der Waals surface area contributed by atoms with Crippen molar-refractivity contribution in [2.45, 2.75) is 26.8 Å². The number of imidazole rings is 1. The number of nitrogens with one attached hydrogen (secondary N) is 2. The van der Waals surface area contributed by atoms with Crippen molar-refractivity contribution in [1.29, 1.82) is 0 Å². The molecule has 2 heterocycles. The van der Waals surface area contributed by atoms with E-state index in [0.29, 0.717) is 22.4 Å². The molecule has 7 heteroatoms. The van der Waals surface area contributed by atoms with E-state index < -0.39 is 0 Å². The van der Waals surface area contributed by atoms with Gasteiger partial charge >= 0.3 is 0 Å². The lowest BCUT2D eigenvalue weighted by Gasteiger charge is -2.22. The van der Waals surface area contributed by atoms with E-state index in [0.717, 1.165) is 27.8 Å². The molecule has 1 atom stereocenters. The number of nitrogens with zero attached hydrogens (tertiary/aromatic N) is 3. The molecule has 0 amide bonds. The first-order valence-corrected chi connectivity index (χ1v) is 9.26. The van der Waals surface area contributed by atoms with Gasteiger partial charge in [-0.15, -0.1) is 0 Å². The highest BCUT2D eigenvalue weighted by Gasteiger charge is 2.20. The number of pyridine rings is 1. The molecule has 0 bridgehead atoms. The van der Waals surface area contributed by atoms with Gasteiger partial charge in [0.1, 0.15) is 11.5 Å². The van der Waals surface area contributed by atoms with Crippen LogP contribution in [0.15, 0.2) is 54.7 Å². The van der Waals surface area contributed by atoms with Crippen LogP contribution in [-0.2, 0) is 0 Å². The maximum Gasteiger partial charge on any atom is 0.156 e. The molecule has 28 heavy (non-hydrogen) atoms. The predicted molar refractivity (Wildman–Crippen MR) is 115 cm³/mol. The fraction of sp³-hybridized carbons (Fsp3) is 0.190. The molecule has 3 rings (SSSR count). The number of rotatable bonds is 5. The Morgan fingerprint density at radius 1 is 1.32 bits per heavy atom. The van der Waals surface area contributed by atoms with Gasteiger partial charge in [0, 0.05) is 23.6 Å².